The van der Waals surface area contributed by atoms with Gasteiger partial charge in [0, 0.05) is 51.4 Å². The minimum atomic E-state index is -0.0537. The Morgan fingerprint density at radius 1 is 1.07 bits per heavy atom. The number of carbonyl (C=O) groups is 2. The molecule has 0 atom stereocenters. The van der Waals surface area contributed by atoms with Gasteiger partial charge in [0.05, 0.1) is 12.7 Å². The Kier molecular flexibility index (Phi) is 5.90. The van der Waals surface area contributed by atoms with Crippen molar-refractivity contribution in [3.63, 3.8) is 0 Å². The van der Waals surface area contributed by atoms with E-state index >= 15 is 0 Å². The molecule has 1 N–H and O–H groups in total. The van der Waals surface area contributed by atoms with Crippen molar-refractivity contribution in [2.24, 2.45) is 0 Å². The molecule has 2 amide bonds. The molecular formula is C20H24N4O3. The first-order valence-electron chi connectivity index (χ1n) is 8.95. The van der Waals surface area contributed by atoms with E-state index in [-0.39, 0.29) is 11.8 Å². The monoisotopic (exact) mass is 368 g/mol. The van der Waals surface area contributed by atoms with Gasteiger partial charge in [0.1, 0.15) is 11.6 Å². The van der Waals surface area contributed by atoms with E-state index in [1.165, 1.54) is 0 Å². The molecule has 0 radical (unpaired) electrons. The number of piperazine rings is 1. The third-order valence-electron chi connectivity index (χ3n) is 4.68. The molecule has 0 saturated carbocycles. The summed E-state index contributed by atoms with van der Waals surface area (Å²) < 4.78 is 5.34. The molecule has 27 heavy (non-hydrogen) atoms. The standard InChI is InChI=1S/C20H24N4O3/c1-15(25)23-9-11-24(12-10-23)20(26)17-7-8-19(22-14-17)21-13-16-5-3-4-6-18(16)27-2/h3-8,14H,9-13H2,1-2H3,(H,21,22). The fourth-order valence-electron chi connectivity index (χ4n) is 3.07. The van der Waals surface area contributed by atoms with Gasteiger partial charge in [-0.25, -0.2) is 4.98 Å². The molecule has 1 fully saturated rings. The quantitative estimate of drug-likeness (QED) is 0.874. The van der Waals surface area contributed by atoms with E-state index in [9.17, 15) is 9.59 Å². The van der Waals surface area contributed by atoms with Crippen LogP contribution in [0, 0.1) is 0 Å². The molecule has 1 aliphatic heterocycles. The van der Waals surface area contributed by atoms with Gasteiger partial charge >= 0.3 is 0 Å². The molecule has 142 valence electrons. The highest BCUT2D eigenvalue weighted by Crippen LogP contribution is 2.18. The fourth-order valence-corrected chi connectivity index (χ4v) is 3.07. The second-order valence-electron chi connectivity index (χ2n) is 6.40. The summed E-state index contributed by atoms with van der Waals surface area (Å²) in [6.45, 7) is 4.38. The zero-order chi connectivity index (χ0) is 19.2. The topological polar surface area (TPSA) is 74.8 Å². The van der Waals surface area contributed by atoms with Crippen molar-refractivity contribution in [1.29, 1.82) is 0 Å². The number of benzene rings is 1. The van der Waals surface area contributed by atoms with Gasteiger partial charge in [-0.3, -0.25) is 9.59 Å². The number of methoxy groups -OCH3 is 1. The van der Waals surface area contributed by atoms with Crippen LogP contribution in [0.15, 0.2) is 42.6 Å². The van der Waals surface area contributed by atoms with Crippen molar-refractivity contribution in [3.8, 4) is 5.75 Å². The summed E-state index contributed by atoms with van der Waals surface area (Å²) in [5.41, 5.74) is 1.58. The molecule has 0 aliphatic carbocycles. The molecule has 1 aromatic carbocycles. The predicted octanol–water partition coefficient (Wildman–Crippen LogP) is 2.01. The van der Waals surface area contributed by atoms with Crippen LogP contribution in [0.4, 0.5) is 5.82 Å². The Morgan fingerprint density at radius 3 is 2.41 bits per heavy atom. The van der Waals surface area contributed by atoms with Gasteiger partial charge in [0.15, 0.2) is 0 Å². The van der Waals surface area contributed by atoms with Crippen molar-refractivity contribution in [3.05, 3.63) is 53.7 Å². The van der Waals surface area contributed by atoms with E-state index in [0.29, 0.717) is 44.1 Å². The average molecular weight is 368 g/mol. The highest BCUT2D eigenvalue weighted by molar-refractivity contribution is 5.94. The van der Waals surface area contributed by atoms with E-state index in [1.54, 1.807) is 42.2 Å². The number of hydrogen-bond donors (Lipinski definition) is 1. The van der Waals surface area contributed by atoms with Gasteiger partial charge < -0.3 is 19.9 Å². The summed E-state index contributed by atoms with van der Waals surface area (Å²) in [6.07, 6.45) is 1.59. The summed E-state index contributed by atoms with van der Waals surface area (Å²) in [6, 6.07) is 11.4. The third kappa shape index (κ3) is 4.55. The van der Waals surface area contributed by atoms with Gasteiger partial charge in [-0.2, -0.15) is 0 Å². The van der Waals surface area contributed by atoms with Crippen molar-refractivity contribution in [1.82, 2.24) is 14.8 Å². The first-order valence-corrected chi connectivity index (χ1v) is 8.95. The molecule has 7 heteroatoms. The number of anilines is 1. The van der Waals surface area contributed by atoms with E-state index in [4.69, 9.17) is 4.74 Å². The van der Waals surface area contributed by atoms with Gasteiger partial charge in [0.2, 0.25) is 5.91 Å². The maximum atomic E-state index is 12.6. The zero-order valence-electron chi connectivity index (χ0n) is 15.6. The number of nitrogens with one attached hydrogen (secondary N) is 1. The lowest BCUT2D eigenvalue weighted by atomic mass is 10.2. The van der Waals surface area contributed by atoms with E-state index in [1.807, 2.05) is 24.3 Å². The Morgan fingerprint density at radius 2 is 1.78 bits per heavy atom. The van der Waals surface area contributed by atoms with Gasteiger partial charge in [-0.05, 0) is 18.2 Å². The minimum Gasteiger partial charge on any atom is -0.496 e. The Bertz CT molecular complexity index is 799. The molecular weight excluding hydrogens is 344 g/mol. The van der Waals surface area contributed by atoms with Crippen molar-refractivity contribution in [2.45, 2.75) is 13.5 Å². The number of carbonyl (C=O) groups excluding carboxylic acids is 2. The Hall–Kier alpha value is -3.09. The normalized spacial score (nSPS) is 14.0. The van der Waals surface area contributed by atoms with Crippen LogP contribution in [0.5, 0.6) is 5.75 Å². The number of amides is 2. The number of para-hydroxylation sites is 1. The summed E-state index contributed by atoms with van der Waals surface area (Å²) in [5.74, 6) is 1.51. The maximum absolute atomic E-state index is 12.6. The number of rotatable bonds is 5. The molecule has 2 aromatic rings. The summed E-state index contributed by atoms with van der Waals surface area (Å²) in [7, 11) is 1.65. The van der Waals surface area contributed by atoms with Crippen LogP contribution in [-0.4, -0.2) is 59.9 Å². The minimum absolute atomic E-state index is 0.0502. The fraction of sp³-hybridized carbons (Fsp3) is 0.350. The van der Waals surface area contributed by atoms with Gasteiger partial charge in [0.25, 0.3) is 5.91 Å². The number of pyridine rings is 1. The van der Waals surface area contributed by atoms with Crippen molar-refractivity contribution in [2.75, 3.05) is 38.6 Å². The van der Waals surface area contributed by atoms with Crippen molar-refractivity contribution >= 4 is 17.6 Å². The van der Waals surface area contributed by atoms with Crippen LogP contribution < -0.4 is 10.1 Å². The second-order valence-corrected chi connectivity index (χ2v) is 6.40. The molecule has 7 nitrogen and oxygen atoms in total. The maximum Gasteiger partial charge on any atom is 0.255 e. The molecule has 0 unspecified atom stereocenters. The lowest BCUT2D eigenvalue weighted by Gasteiger charge is -2.34. The molecule has 1 aliphatic rings. The Labute approximate surface area is 158 Å². The second kappa shape index (κ2) is 8.53. The van der Waals surface area contributed by atoms with Crippen LogP contribution in [0.1, 0.15) is 22.8 Å². The lowest BCUT2D eigenvalue weighted by Crippen LogP contribution is -2.50. The van der Waals surface area contributed by atoms with Gasteiger partial charge in [-0.15, -0.1) is 0 Å². The highest BCUT2D eigenvalue weighted by atomic mass is 16.5. The SMILES string of the molecule is COc1ccccc1CNc1ccc(C(=O)N2CCN(C(C)=O)CC2)cn1. The molecule has 1 aromatic heterocycles. The van der Waals surface area contributed by atoms with Crippen LogP contribution in [0.2, 0.25) is 0 Å². The number of ether oxygens (including phenoxy) is 1. The zero-order valence-corrected chi connectivity index (χ0v) is 15.6. The first kappa shape index (κ1) is 18.7. The lowest BCUT2D eigenvalue weighted by molar-refractivity contribution is -0.130. The third-order valence-corrected chi connectivity index (χ3v) is 4.68. The number of hydrogen-bond acceptors (Lipinski definition) is 5. The first-order chi connectivity index (χ1) is 13.1. The molecule has 2 heterocycles. The van der Waals surface area contributed by atoms with Crippen molar-refractivity contribution < 1.29 is 14.3 Å². The summed E-state index contributed by atoms with van der Waals surface area (Å²) >= 11 is 0. The van der Waals surface area contributed by atoms with E-state index < -0.39 is 0 Å². The van der Waals surface area contributed by atoms with E-state index in [2.05, 4.69) is 10.3 Å². The summed E-state index contributed by atoms with van der Waals surface area (Å²) in [5, 5.41) is 3.24. The Balaban J connectivity index is 1.57. The van der Waals surface area contributed by atoms with Gasteiger partial charge in [-0.1, -0.05) is 18.2 Å². The smallest absolute Gasteiger partial charge is 0.255 e. The van der Waals surface area contributed by atoms with Crippen LogP contribution in [0.3, 0.4) is 0 Å². The predicted molar refractivity (Wildman–Crippen MR) is 103 cm³/mol. The highest BCUT2D eigenvalue weighted by Gasteiger charge is 2.23. The van der Waals surface area contributed by atoms with Crippen LogP contribution in [0.25, 0.3) is 0 Å². The number of aromatic nitrogens is 1. The van der Waals surface area contributed by atoms with E-state index in [0.717, 1.165) is 11.3 Å². The molecule has 0 spiro atoms. The molecule has 1 saturated heterocycles. The van der Waals surface area contributed by atoms with Crippen LogP contribution in [-0.2, 0) is 11.3 Å². The molecule has 3 rings (SSSR count). The number of nitrogens with zero attached hydrogens (tertiary/aromatic N) is 3. The molecule has 0 bridgehead atoms. The average Bonchev–Trinajstić information content (AvgIpc) is 2.72. The van der Waals surface area contributed by atoms with Crippen LogP contribution >= 0.6 is 0 Å². The largest absolute Gasteiger partial charge is 0.496 e. The summed E-state index contributed by atoms with van der Waals surface area (Å²) in [4.78, 5) is 31.8.